The highest BCUT2D eigenvalue weighted by Crippen LogP contribution is 2.27. The van der Waals surface area contributed by atoms with Gasteiger partial charge in [-0.05, 0) is 24.2 Å². The largest absolute Gasteiger partial charge is 0.493 e. The molecule has 0 amide bonds. The van der Waals surface area contributed by atoms with Crippen LogP contribution in [0.25, 0.3) is 0 Å². The van der Waals surface area contributed by atoms with Gasteiger partial charge in [-0.2, -0.15) is 0 Å². The van der Waals surface area contributed by atoms with Crippen LogP contribution in [-0.4, -0.2) is 32.0 Å². The number of methoxy groups -OCH3 is 1. The van der Waals surface area contributed by atoms with E-state index in [4.69, 9.17) is 14.6 Å². The standard InChI is InChI=1S/C12H19NO3/c1-3-13-9-10-4-5-11(16-7-6-14)12(8-10)15-2/h4-5,8,13-14H,3,6-7,9H2,1-2H3. The summed E-state index contributed by atoms with van der Waals surface area (Å²) in [5.74, 6) is 1.36. The summed E-state index contributed by atoms with van der Waals surface area (Å²) in [6.07, 6.45) is 0. The number of aliphatic hydroxyl groups excluding tert-OH is 1. The van der Waals surface area contributed by atoms with Crippen LogP contribution in [0.3, 0.4) is 0 Å². The number of hydrogen-bond donors (Lipinski definition) is 2. The van der Waals surface area contributed by atoms with Crippen molar-refractivity contribution in [1.29, 1.82) is 0 Å². The first kappa shape index (κ1) is 12.8. The van der Waals surface area contributed by atoms with Crippen LogP contribution in [0.4, 0.5) is 0 Å². The van der Waals surface area contributed by atoms with Crippen LogP contribution in [-0.2, 0) is 6.54 Å². The third-order valence-corrected chi connectivity index (χ3v) is 2.16. The lowest BCUT2D eigenvalue weighted by molar-refractivity contribution is 0.196. The molecule has 0 heterocycles. The van der Waals surface area contributed by atoms with E-state index in [1.807, 2.05) is 18.2 Å². The van der Waals surface area contributed by atoms with Gasteiger partial charge in [-0.25, -0.2) is 0 Å². The highest BCUT2D eigenvalue weighted by Gasteiger charge is 2.05. The summed E-state index contributed by atoms with van der Waals surface area (Å²) in [6.45, 7) is 4.10. The van der Waals surface area contributed by atoms with Crippen LogP contribution in [0, 0.1) is 0 Å². The maximum absolute atomic E-state index is 8.69. The molecular formula is C12H19NO3. The van der Waals surface area contributed by atoms with Crippen LogP contribution < -0.4 is 14.8 Å². The van der Waals surface area contributed by atoms with Crippen molar-refractivity contribution in [2.24, 2.45) is 0 Å². The van der Waals surface area contributed by atoms with E-state index in [0.717, 1.165) is 18.7 Å². The van der Waals surface area contributed by atoms with E-state index in [-0.39, 0.29) is 13.2 Å². The maximum Gasteiger partial charge on any atom is 0.161 e. The molecule has 16 heavy (non-hydrogen) atoms. The van der Waals surface area contributed by atoms with Gasteiger partial charge in [0.25, 0.3) is 0 Å². The molecule has 4 heteroatoms. The molecule has 0 unspecified atom stereocenters. The van der Waals surface area contributed by atoms with Crippen molar-refractivity contribution in [3.8, 4) is 11.5 Å². The van der Waals surface area contributed by atoms with E-state index < -0.39 is 0 Å². The van der Waals surface area contributed by atoms with Gasteiger partial charge in [0.1, 0.15) is 6.61 Å². The van der Waals surface area contributed by atoms with E-state index in [0.29, 0.717) is 11.5 Å². The lowest BCUT2D eigenvalue weighted by Gasteiger charge is -2.11. The molecule has 0 fully saturated rings. The second kappa shape index (κ2) is 7.09. The Hall–Kier alpha value is -1.26. The number of aliphatic hydroxyl groups is 1. The number of ether oxygens (including phenoxy) is 2. The summed E-state index contributed by atoms with van der Waals surface area (Å²) in [6, 6.07) is 5.79. The zero-order chi connectivity index (χ0) is 11.8. The van der Waals surface area contributed by atoms with E-state index in [2.05, 4.69) is 12.2 Å². The summed E-state index contributed by atoms with van der Waals surface area (Å²) in [5.41, 5.74) is 1.15. The van der Waals surface area contributed by atoms with Gasteiger partial charge in [-0.15, -0.1) is 0 Å². The van der Waals surface area contributed by atoms with Gasteiger partial charge < -0.3 is 19.9 Å². The van der Waals surface area contributed by atoms with Crippen molar-refractivity contribution >= 4 is 0 Å². The summed E-state index contributed by atoms with van der Waals surface area (Å²) in [5, 5.41) is 11.9. The smallest absolute Gasteiger partial charge is 0.161 e. The fourth-order valence-electron chi connectivity index (χ4n) is 1.37. The molecule has 1 aromatic rings. The highest BCUT2D eigenvalue weighted by atomic mass is 16.5. The molecular weight excluding hydrogens is 206 g/mol. The van der Waals surface area contributed by atoms with E-state index in [1.165, 1.54) is 0 Å². The van der Waals surface area contributed by atoms with Crippen molar-refractivity contribution in [2.75, 3.05) is 26.9 Å². The minimum atomic E-state index is 0.00228. The highest BCUT2D eigenvalue weighted by molar-refractivity contribution is 5.42. The van der Waals surface area contributed by atoms with Gasteiger partial charge in [0, 0.05) is 6.54 Å². The van der Waals surface area contributed by atoms with Crippen molar-refractivity contribution in [3.63, 3.8) is 0 Å². The number of benzene rings is 1. The monoisotopic (exact) mass is 225 g/mol. The van der Waals surface area contributed by atoms with Crippen molar-refractivity contribution in [1.82, 2.24) is 5.32 Å². The zero-order valence-electron chi connectivity index (χ0n) is 9.82. The second-order valence-corrected chi connectivity index (χ2v) is 3.34. The van der Waals surface area contributed by atoms with Crippen LogP contribution >= 0.6 is 0 Å². The fraction of sp³-hybridized carbons (Fsp3) is 0.500. The molecule has 1 rings (SSSR count). The predicted molar refractivity (Wildman–Crippen MR) is 63.0 cm³/mol. The number of hydrogen-bond acceptors (Lipinski definition) is 4. The molecule has 0 spiro atoms. The Bertz CT molecular complexity index is 315. The Morgan fingerprint density at radius 3 is 2.75 bits per heavy atom. The average Bonchev–Trinajstić information content (AvgIpc) is 2.34. The fourth-order valence-corrected chi connectivity index (χ4v) is 1.37. The summed E-state index contributed by atoms with van der Waals surface area (Å²) in [4.78, 5) is 0. The Morgan fingerprint density at radius 1 is 1.31 bits per heavy atom. The third-order valence-electron chi connectivity index (χ3n) is 2.16. The lowest BCUT2D eigenvalue weighted by Crippen LogP contribution is -2.12. The molecule has 90 valence electrons. The summed E-state index contributed by atoms with van der Waals surface area (Å²) < 4.78 is 10.6. The first-order valence-electron chi connectivity index (χ1n) is 5.43. The molecule has 0 saturated heterocycles. The van der Waals surface area contributed by atoms with E-state index in [9.17, 15) is 0 Å². The van der Waals surface area contributed by atoms with Gasteiger partial charge in [-0.1, -0.05) is 13.0 Å². The average molecular weight is 225 g/mol. The molecule has 1 aromatic carbocycles. The van der Waals surface area contributed by atoms with Gasteiger partial charge in [0.2, 0.25) is 0 Å². The molecule has 0 aliphatic carbocycles. The minimum absolute atomic E-state index is 0.00228. The van der Waals surface area contributed by atoms with Gasteiger partial charge in [0.15, 0.2) is 11.5 Å². The molecule has 2 N–H and O–H groups in total. The maximum atomic E-state index is 8.69. The van der Waals surface area contributed by atoms with Crippen LogP contribution in [0.1, 0.15) is 12.5 Å². The van der Waals surface area contributed by atoms with Crippen molar-refractivity contribution < 1.29 is 14.6 Å². The number of rotatable bonds is 7. The SMILES string of the molecule is CCNCc1ccc(OCCO)c(OC)c1. The third kappa shape index (κ3) is 3.72. The van der Waals surface area contributed by atoms with Crippen LogP contribution in [0.2, 0.25) is 0 Å². The summed E-state index contributed by atoms with van der Waals surface area (Å²) in [7, 11) is 1.61. The van der Waals surface area contributed by atoms with Crippen LogP contribution in [0.15, 0.2) is 18.2 Å². The van der Waals surface area contributed by atoms with E-state index >= 15 is 0 Å². The Balaban J connectivity index is 2.71. The zero-order valence-corrected chi connectivity index (χ0v) is 9.82. The molecule has 0 radical (unpaired) electrons. The van der Waals surface area contributed by atoms with Crippen LogP contribution in [0.5, 0.6) is 11.5 Å². The van der Waals surface area contributed by atoms with Gasteiger partial charge in [-0.3, -0.25) is 0 Å². The van der Waals surface area contributed by atoms with E-state index in [1.54, 1.807) is 7.11 Å². The molecule has 0 atom stereocenters. The Kier molecular flexibility index (Phi) is 5.67. The first-order valence-corrected chi connectivity index (χ1v) is 5.43. The Morgan fingerprint density at radius 2 is 2.12 bits per heavy atom. The molecule has 0 aliphatic rings. The Labute approximate surface area is 96.2 Å². The van der Waals surface area contributed by atoms with Crippen molar-refractivity contribution in [3.05, 3.63) is 23.8 Å². The molecule has 0 bridgehead atoms. The van der Waals surface area contributed by atoms with Gasteiger partial charge >= 0.3 is 0 Å². The quantitative estimate of drug-likeness (QED) is 0.731. The van der Waals surface area contributed by atoms with Gasteiger partial charge in [0.05, 0.1) is 13.7 Å². The van der Waals surface area contributed by atoms with Crippen molar-refractivity contribution in [2.45, 2.75) is 13.5 Å². The number of nitrogens with one attached hydrogen (secondary N) is 1. The molecule has 4 nitrogen and oxygen atoms in total. The molecule has 0 aliphatic heterocycles. The molecule has 0 saturated carbocycles. The topological polar surface area (TPSA) is 50.7 Å². The normalized spacial score (nSPS) is 10.2. The first-order chi connectivity index (χ1) is 7.81. The second-order valence-electron chi connectivity index (χ2n) is 3.34. The summed E-state index contributed by atoms with van der Waals surface area (Å²) >= 11 is 0. The predicted octanol–water partition coefficient (Wildman–Crippen LogP) is 1.18. The minimum Gasteiger partial charge on any atom is -0.493 e. The molecule has 0 aromatic heterocycles. The lowest BCUT2D eigenvalue weighted by atomic mass is 10.2.